The third kappa shape index (κ3) is 2.81. The van der Waals surface area contributed by atoms with Crippen molar-refractivity contribution in [1.82, 2.24) is 0 Å². The molecule has 1 unspecified atom stereocenters. The van der Waals surface area contributed by atoms with Crippen LogP contribution in [0.25, 0.3) is 0 Å². The third-order valence-electron chi connectivity index (χ3n) is 2.86. The SMILES string of the molecule is Cc1ccc(C(N)c2cc(Br)c(Br)s2)cc1C. The van der Waals surface area contributed by atoms with E-state index in [1.54, 1.807) is 11.3 Å². The molecule has 2 aromatic rings. The number of nitrogens with two attached hydrogens (primary N) is 1. The maximum absolute atomic E-state index is 6.29. The van der Waals surface area contributed by atoms with Crippen LogP contribution < -0.4 is 5.73 Å². The van der Waals surface area contributed by atoms with Gasteiger partial charge in [0.05, 0.1) is 9.83 Å². The smallest absolute Gasteiger partial charge is 0.0843 e. The summed E-state index contributed by atoms with van der Waals surface area (Å²) in [5, 5.41) is 0. The average molecular weight is 375 g/mol. The Bertz CT molecular complexity index is 529. The Morgan fingerprint density at radius 2 is 1.82 bits per heavy atom. The first kappa shape index (κ1) is 13.3. The van der Waals surface area contributed by atoms with E-state index in [0.717, 1.165) is 18.7 Å². The van der Waals surface area contributed by atoms with Gasteiger partial charge in [-0.2, -0.15) is 0 Å². The van der Waals surface area contributed by atoms with Gasteiger partial charge >= 0.3 is 0 Å². The topological polar surface area (TPSA) is 26.0 Å². The van der Waals surface area contributed by atoms with Crippen molar-refractivity contribution in [3.63, 3.8) is 0 Å². The van der Waals surface area contributed by atoms with Crippen LogP contribution in [0.15, 0.2) is 32.5 Å². The zero-order valence-electron chi connectivity index (χ0n) is 9.63. The van der Waals surface area contributed by atoms with Gasteiger partial charge in [0, 0.05) is 9.35 Å². The summed E-state index contributed by atoms with van der Waals surface area (Å²) in [6.45, 7) is 4.23. The van der Waals surface area contributed by atoms with Gasteiger partial charge in [-0.15, -0.1) is 11.3 Å². The van der Waals surface area contributed by atoms with Crippen molar-refractivity contribution in [3.05, 3.63) is 54.1 Å². The fourth-order valence-corrected chi connectivity index (χ4v) is 3.76. The minimum atomic E-state index is -0.0538. The van der Waals surface area contributed by atoms with E-state index in [9.17, 15) is 0 Å². The molecule has 1 aromatic carbocycles. The normalized spacial score (nSPS) is 12.8. The molecule has 2 N–H and O–H groups in total. The van der Waals surface area contributed by atoms with Crippen LogP contribution >= 0.6 is 43.2 Å². The van der Waals surface area contributed by atoms with Gasteiger partial charge in [0.1, 0.15) is 0 Å². The maximum atomic E-state index is 6.29. The molecule has 1 nitrogen and oxygen atoms in total. The summed E-state index contributed by atoms with van der Waals surface area (Å²) in [6.07, 6.45) is 0. The fourth-order valence-electron chi connectivity index (χ4n) is 1.64. The molecule has 0 saturated carbocycles. The van der Waals surface area contributed by atoms with Gasteiger partial charge in [-0.3, -0.25) is 0 Å². The monoisotopic (exact) mass is 373 g/mol. The molecule has 1 atom stereocenters. The van der Waals surface area contributed by atoms with Crippen LogP contribution in [0.5, 0.6) is 0 Å². The first-order valence-electron chi connectivity index (χ1n) is 5.26. The average Bonchev–Trinajstić information content (AvgIpc) is 2.62. The van der Waals surface area contributed by atoms with Gasteiger partial charge in [-0.1, -0.05) is 18.2 Å². The number of aryl methyl sites for hydroxylation is 2. The summed E-state index contributed by atoms with van der Waals surface area (Å²) < 4.78 is 2.16. The molecule has 0 amide bonds. The van der Waals surface area contributed by atoms with Crippen LogP contribution in [0.2, 0.25) is 0 Å². The molecule has 0 aliphatic carbocycles. The van der Waals surface area contributed by atoms with Crippen molar-refractivity contribution in [2.45, 2.75) is 19.9 Å². The molecule has 0 saturated heterocycles. The molecule has 1 aromatic heterocycles. The van der Waals surface area contributed by atoms with Crippen LogP contribution in [-0.2, 0) is 0 Å². The number of hydrogen-bond acceptors (Lipinski definition) is 2. The fraction of sp³-hybridized carbons (Fsp3) is 0.231. The van der Waals surface area contributed by atoms with Crippen LogP contribution in [0.4, 0.5) is 0 Å². The Hall–Kier alpha value is -0.160. The zero-order valence-corrected chi connectivity index (χ0v) is 13.6. The summed E-state index contributed by atoms with van der Waals surface area (Å²) >= 11 is 8.66. The van der Waals surface area contributed by atoms with Crippen molar-refractivity contribution < 1.29 is 0 Å². The molecule has 0 fully saturated rings. The zero-order chi connectivity index (χ0) is 12.6. The second kappa shape index (κ2) is 5.22. The first-order chi connectivity index (χ1) is 7.99. The van der Waals surface area contributed by atoms with Crippen molar-refractivity contribution in [3.8, 4) is 0 Å². The number of rotatable bonds is 2. The van der Waals surface area contributed by atoms with Gasteiger partial charge in [0.2, 0.25) is 0 Å². The standard InChI is InChI=1S/C13H13Br2NS/c1-7-3-4-9(5-8(7)2)12(16)11-6-10(14)13(15)17-11/h3-6,12H,16H2,1-2H3. The molecule has 0 radical (unpaired) electrons. The van der Waals surface area contributed by atoms with Gasteiger partial charge in [0.25, 0.3) is 0 Å². The molecule has 4 heteroatoms. The van der Waals surface area contributed by atoms with Crippen LogP contribution in [0.3, 0.4) is 0 Å². The number of thiophene rings is 1. The Balaban J connectivity index is 2.36. The maximum Gasteiger partial charge on any atom is 0.0843 e. The summed E-state index contributed by atoms with van der Waals surface area (Å²) in [4.78, 5) is 1.16. The number of halogens is 2. The molecular formula is C13H13Br2NS. The van der Waals surface area contributed by atoms with Gasteiger partial charge in [-0.25, -0.2) is 0 Å². The summed E-state index contributed by atoms with van der Waals surface area (Å²) in [5.41, 5.74) is 10.0. The van der Waals surface area contributed by atoms with Crippen LogP contribution in [0, 0.1) is 13.8 Å². The molecule has 17 heavy (non-hydrogen) atoms. The molecule has 0 aliphatic rings. The predicted molar refractivity (Wildman–Crippen MR) is 81.7 cm³/mol. The highest BCUT2D eigenvalue weighted by Gasteiger charge is 2.14. The van der Waals surface area contributed by atoms with Gasteiger partial charge in [-0.05, 0) is 68.5 Å². The lowest BCUT2D eigenvalue weighted by Crippen LogP contribution is -2.10. The van der Waals surface area contributed by atoms with Crippen LogP contribution in [-0.4, -0.2) is 0 Å². The Morgan fingerprint density at radius 1 is 1.12 bits per heavy atom. The van der Waals surface area contributed by atoms with Crippen molar-refractivity contribution >= 4 is 43.2 Å². The minimum Gasteiger partial charge on any atom is -0.320 e. The largest absolute Gasteiger partial charge is 0.320 e. The molecule has 1 heterocycles. The second-order valence-corrected chi connectivity index (χ2v) is 7.35. The lowest BCUT2D eigenvalue weighted by molar-refractivity contribution is 0.890. The molecule has 90 valence electrons. The number of benzene rings is 1. The molecule has 0 bridgehead atoms. The minimum absolute atomic E-state index is 0.0538. The summed E-state index contributed by atoms with van der Waals surface area (Å²) in [6, 6.07) is 8.43. The Labute approximate surface area is 122 Å². The lowest BCUT2D eigenvalue weighted by Gasteiger charge is -2.11. The summed E-state index contributed by atoms with van der Waals surface area (Å²) in [5.74, 6) is 0. The molecule has 0 spiro atoms. The summed E-state index contributed by atoms with van der Waals surface area (Å²) in [7, 11) is 0. The van der Waals surface area contributed by atoms with Crippen molar-refractivity contribution in [1.29, 1.82) is 0 Å². The van der Waals surface area contributed by atoms with E-state index in [0.29, 0.717) is 0 Å². The third-order valence-corrected chi connectivity index (χ3v) is 6.20. The first-order valence-corrected chi connectivity index (χ1v) is 7.66. The lowest BCUT2D eigenvalue weighted by atomic mass is 10.0. The van der Waals surface area contributed by atoms with Crippen molar-refractivity contribution in [2.24, 2.45) is 5.73 Å². The van der Waals surface area contributed by atoms with E-state index in [4.69, 9.17) is 5.73 Å². The highest BCUT2D eigenvalue weighted by molar-refractivity contribution is 9.13. The van der Waals surface area contributed by atoms with E-state index in [2.05, 4.69) is 70.0 Å². The highest BCUT2D eigenvalue weighted by Crippen LogP contribution is 2.36. The van der Waals surface area contributed by atoms with Gasteiger partial charge in [0.15, 0.2) is 0 Å². The molecular weight excluding hydrogens is 362 g/mol. The molecule has 2 rings (SSSR count). The molecule has 0 aliphatic heterocycles. The van der Waals surface area contributed by atoms with Gasteiger partial charge < -0.3 is 5.73 Å². The Morgan fingerprint density at radius 3 is 2.35 bits per heavy atom. The van der Waals surface area contributed by atoms with Crippen LogP contribution in [0.1, 0.15) is 27.6 Å². The quantitative estimate of drug-likeness (QED) is 0.791. The van der Waals surface area contributed by atoms with E-state index in [-0.39, 0.29) is 6.04 Å². The predicted octanol–water partition coefficient (Wildman–Crippen LogP) is 4.94. The van der Waals surface area contributed by atoms with Crippen molar-refractivity contribution in [2.75, 3.05) is 0 Å². The Kier molecular flexibility index (Phi) is 4.08. The second-order valence-electron chi connectivity index (χ2n) is 4.09. The van der Waals surface area contributed by atoms with E-state index >= 15 is 0 Å². The van der Waals surface area contributed by atoms with E-state index in [1.807, 2.05) is 0 Å². The van der Waals surface area contributed by atoms with E-state index < -0.39 is 0 Å². The van der Waals surface area contributed by atoms with E-state index in [1.165, 1.54) is 11.1 Å². The highest BCUT2D eigenvalue weighted by atomic mass is 79.9. The number of hydrogen-bond donors (Lipinski definition) is 1.